The molecule has 1 aromatic carbocycles. The Bertz CT molecular complexity index is 767. The summed E-state index contributed by atoms with van der Waals surface area (Å²) in [4.78, 5) is 19.5. The third-order valence-corrected chi connectivity index (χ3v) is 5.45. The largest absolute Gasteiger partial charge is 0.484 e. The van der Waals surface area contributed by atoms with E-state index in [1.165, 1.54) is 5.56 Å². The van der Waals surface area contributed by atoms with E-state index in [0.717, 1.165) is 43.8 Å². The van der Waals surface area contributed by atoms with E-state index in [2.05, 4.69) is 43.2 Å². The van der Waals surface area contributed by atoms with Crippen molar-refractivity contribution in [2.75, 3.05) is 19.7 Å². The first-order valence-corrected chi connectivity index (χ1v) is 10.6. The quantitative estimate of drug-likeness (QED) is 0.738. The minimum atomic E-state index is 0. The lowest BCUT2D eigenvalue weighted by Crippen LogP contribution is -2.43. The number of ether oxygens (including phenoxy) is 1. The first-order valence-electron chi connectivity index (χ1n) is 10.6. The van der Waals surface area contributed by atoms with Crippen LogP contribution in [0.1, 0.15) is 51.3 Å². The maximum absolute atomic E-state index is 13.1. The molecule has 164 valence electrons. The molecule has 1 atom stereocenters. The highest BCUT2D eigenvalue weighted by Gasteiger charge is 2.25. The minimum Gasteiger partial charge on any atom is -0.484 e. The zero-order valence-corrected chi connectivity index (χ0v) is 19.1. The molecule has 1 unspecified atom stereocenters. The number of nitrogens with zero attached hydrogens (tertiary/aromatic N) is 2. The van der Waals surface area contributed by atoms with Crippen molar-refractivity contribution in [1.82, 2.24) is 15.2 Å². The van der Waals surface area contributed by atoms with Crippen LogP contribution in [-0.4, -0.2) is 41.5 Å². The number of rotatable bonds is 6. The third kappa shape index (κ3) is 6.99. The highest BCUT2D eigenvalue weighted by atomic mass is 35.5. The standard InChI is InChI=1S/C24H33N3O2.ClH/c1-24(2,3)19-9-11-22(12-10-19)29-18-23(28)27(17-20-7-4-5-15-26-20)21-8-6-14-25-16-13-21;/h4-5,7,9-12,15,21,25H,6,8,13-14,16-18H2,1-3H3;1H. The first kappa shape index (κ1) is 24.2. The second-order valence-electron chi connectivity index (χ2n) is 8.74. The van der Waals surface area contributed by atoms with E-state index in [-0.39, 0.29) is 36.4 Å². The van der Waals surface area contributed by atoms with Crippen LogP contribution in [0.4, 0.5) is 0 Å². The number of amides is 1. The van der Waals surface area contributed by atoms with Gasteiger partial charge in [-0.2, -0.15) is 0 Å². The number of hydrogen-bond acceptors (Lipinski definition) is 4. The molecule has 1 amide bonds. The molecule has 3 rings (SSSR count). The van der Waals surface area contributed by atoms with Gasteiger partial charge in [-0.3, -0.25) is 9.78 Å². The maximum Gasteiger partial charge on any atom is 0.261 e. The van der Waals surface area contributed by atoms with E-state index < -0.39 is 0 Å². The van der Waals surface area contributed by atoms with Crippen molar-refractivity contribution in [3.63, 3.8) is 0 Å². The molecule has 0 bridgehead atoms. The van der Waals surface area contributed by atoms with Crippen molar-refractivity contribution in [3.8, 4) is 5.75 Å². The van der Waals surface area contributed by atoms with Crippen LogP contribution in [0.5, 0.6) is 5.75 Å². The predicted octanol–water partition coefficient (Wildman–Crippen LogP) is 4.35. The summed E-state index contributed by atoms with van der Waals surface area (Å²) in [5.74, 6) is 0.745. The van der Waals surface area contributed by atoms with Gasteiger partial charge in [0.2, 0.25) is 0 Å². The van der Waals surface area contributed by atoms with E-state index in [4.69, 9.17) is 4.74 Å². The molecule has 5 nitrogen and oxygen atoms in total. The Morgan fingerprint density at radius 3 is 2.57 bits per heavy atom. The van der Waals surface area contributed by atoms with Gasteiger partial charge in [-0.1, -0.05) is 39.0 Å². The van der Waals surface area contributed by atoms with Crippen molar-refractivity contribution in [1.29, 1.82) is 0 Å². The molecule has 6 heteroatoms. The Balaban J connectivity index is 0.00000320. The molecule has 0 radical (unpaired) electrons. The Morgan fingerprint density at radius 1 is 1.13 bits per heavy atom. The number of benzene rings is 1. The maximum atomic E-state index is 13.1. The van der Waals surface area contributed by atoms with Gasteiger partial charge in [-0.15, -0.1) is 12.4 Å². The predicted molar refractivity (Wildman–Crippen MR) is 123 cm³/mol. The van der Waals surface area contributed by atoms with Crippen molar-refractivity contribution < 1.29 is 9.53 Å². The van der Waals surface area contributed by atoms with Crippen molar-refractivity contribution in [2.24, 2.45) is 0 Å². The highest BCUT2D eigenvalue weighted by molar-refractivity contribution is 5.85. The average Bonchev–Trinajstić information content (AvgIpc) is 3.00. The van der Waals surface area contributed by atoms with Crippen LogP contribution in [0.3, 0.4) is 0 Å². The summed E-state index contributed by atoms with van der Waals surface area (Å²) >= 11 is 0. The van der Waals surface area contributed by atoms with Gasteiger partial charge >= 0.3 is 0 Å². The topological polar surface area (TPSA) is 54.5 Å². The summed E-state index contributed by atoms with van der Waals surface area (Å²) in [6, 6.07) is 14.1. The number of halogens is 1. The van der Waals surface area contributed by atoms with Crippen LogP contribution in [0, 0.1) is 0 Å². The zero-order chi connectivity index (χ0) is 20.7. The fourth-order valence-electron chi connectivity index (χ4n) is 3.68. The molecule has 1 aliphatic rings. The van der Waals surface area contributed by atoms with E-state index in [1.54, 1.807) is 6.20 Å². The lowest BCUT2D eigenvalue weighted by atomic mass is 9.87. The number of carbonyl (C=O) groups excluding carboxylic acids is 1. The number of carbonyl (C=O) groups is 1. The molecule has 1 aromatic heterocycles. The Morgan fingerprint density at radius 2 is 1.90 bits per heavy atom. The van der Waals surface area contributed by atoms with Gasteiger partial charge in [0, 0.05) is 12.2 Å². The van der Waals surface area contributed by atoms with Crippen LogP contribution >= 0.6 is 12.4 Å². The lowest BCUT2D eigenvalue weighted by molar-refractivity contribution is -0.136. The van der Waals surface area contributed by atoms with Crippen LogP contribution in [0.15, 0.2) is 48.7 Å². The molecule has 30 heavy (non-hydrogen) atoms. The molecule has 1 fully saturated rings. The molecular formula is C24H34ClN3O2. The number of hydrogen-bond donors (Lipinski definition) is 1. The van der Waals surface area contributed by atoms with E-state index in [1.807, 2.05) is 35.2 Å². The SMILES string of the molecule is CC(C)(C)c1ccc(OCC(=O)N(Cc2ccccn2)C2CCCNCC2)cc1.Cl. The van der Waals surface area contributed by atoms with Gasteiger partial charge in [0.05, 0.1) is 12.2 Å². The van der Waals surface area contributed by atoms with E-state index in [9.17, 15) is 4.79 Å². The smallest absolute Gasteiger partial charge is 0.261 e. The number of nitrogens with one attached hydrogen (secondary N) is 1. The number of pyridine rings is 1. The van der Waals surface area contributed by atoms with Crippen molar-refractivity contribution in [2.45, 2.75) is 58.0 Å². The van der Waals surface area contributed by atoms with Gasteiger partial charge in [-0.05, 0) is 67.6 Å². The van der Waals surface area contributed by atoms with Gasteiger partial charge < -0.3 is 15.0 Å². The van der Waals surface area contributed by atoms with Crippen LogP contribution < -0.4 is 10.1 Å². The molecule has 0 saturated carbocycles. The lowest BCUT2D eigenvalue weighted by Gasteiger charge is -2.31. The van der Waals surface area contributed by atoms with Crippen LogP contribution in [0.2, 0.25) is 0 Å². The molecule has 0 aliphatic carbocycles. The highest BCUT2D eigenvalue weighted by Crippen LogP contribution is 2.24. The fraction of sp³-hybridized carbons (Fsp3) is 0.500. The fourth-order valence-corrected chi connectivity index (χ4v) is 3.68. The van der Waals surface area contributed by atoms with Gasteiger partial charge in [-0.25, -0.2) is 0 Å². The Labute approximate surface area is 186 Å². The first-order chi connectivity index (χ1) is 13.9. The summed E-state index contributed by atoms with van der Waals surface area (Å²) in [6.07, 6.45) is 4.82. The van der Waals surface area contributed by atoms with E-state index in [0.29, 0.717) is 6.54 Å². The van der Waals surface area contributed by atoms with Gasteiger partial charge in [0.1, 0.15) is 5.75 Å². The van der Waals surface area contributed by atoms with Gasteiger partial charge in [0.15, 0.2) is 6.61 Å². The molecule has 1 saturated heterocycles. The molecule has 0 spiro atoms. The van der Waals surface area contributed by atoms with E-state index >= 15 is 0 Å². The zero-order valence-electron chi connectivity index (χ0n) is 18.3. The van der Waals surface area contributed by atoms with Crippen LogP contribution in [0.25, 0.3) is 0 Å². The summed E-state index contributed by atoms with van der Waals surface area (Å²) in [5.41, 5.74) is 2.26. The molecule has 2 aromatic rings. The molecular weight excluding hydrogens is 398 g/mol. The van der Waals surface area contributed by atoms with Crippen molar-refractivity contribution >= 4 is 18.3 Å². The summed E-state index contributed by atoms with van der Waals surface area (Å²) in [7, 11) is 0. The monoisotopic (exact) mass is 431 g/mol. The van der Waals surface area contributed by atoms with Crippen LogP contribution in [-0.2, 0) is 16.8 Å². The van der Waals surface area contributed by atoms with Crippen molar-refractivity contribution in [3.05, 3.63) is 59.9 Å². The summed E-state index contributed by atoms with van der Waals surface area (Å²) < 4.78 is 5.85. The second-order valence-corrected chi connectivity index (χ2v) is 8.74. The normalized spacial score (nSPS) is 16.8. The third-order valence-electron chi connectivity index (χ3n) is 5.45. The Kier molecular flexibility index (Phi) is 9.12. The Hall–Kier alpha value is -2.11. The summed E-state index contributed by atoms with van der Waals surface area (Å²) in [5, 5.41) is 3.43. The molecule has 2 heterocycles. The summed E-state index contributed by atoms with van der Waals surface area (Å²) in [6.45, 7) is 9.07. The second kappa shape index (κ2) is 11.3. The minimum absolute atomic E-state index is 0. The average molecular weight is 432 g/mol. The number of aromatic nitrogens is 1. The molecule has 1 N–H and O–H groups in total. The molecule has 1 aliphatic heterocycles. The van der Waals surface area contributed by atoms with Gasteiger partial charge in [0.25, 0.3) is 5.91 Å².